The summed E-state index contributed by atoms with van der Waals surface area (Å²) in [6.45, 7) is 3.69. The van der Waals surface area contributed by atoms with Gasteiger partial charge in [-0.25, -0.2) is 0 Å². The van der Waals surface area contributed by atoms with Gasteiger partial charge in [-0.05, 0) is 12.8 Å². The number of aliphatic hydroxyl groups excluding tert-OH is 6. The molecule has 0 aromatic heterocycles. The Morgan fingerprint density at radius 2 is 0.862 bits per heavy atom. The summed E-state index contributed by atoms with van der Waals surface area (Å²) in [5, 5.41) is 64.9. The van der Waals surface area contributed by atoms with Crippen LogP contribution < -0.4 is 5.32 Å². The average Bonchev–Trinajstić information content (AvgIpc) is 3.22. The molecule has 58 heavy (non-hydrogen) atoms. The first kappa shape index (κ1) is 55.2. The number of amides is 1. The molecule has 2 unspecified atom stereocenters. The lowest BCUT2D eigenvalue weighted by Crippen LogP contribution is -2.60. The Bertz CT molecular complexity index is 895. The maximum atomic E-state index is 13.1. The minimum Gasteiger partial charge on any atom is -0.394 e. The van der Waals surface area contributed by atoms with E-state index in [2.05, 4.69) is 19.2 Å². The highest BCUT2D eigenvalue weighted by Crippen LogP contribution is 2.23. The third-order valence-electron chi connectivity index (χ3n) is 12.3. The van der Waals surface area contributed by atoms with Gasteiger partial charge < -0.3 is 45.4 Å². The van der Waals surface area contributed by atoms with Gasteiger partial charge in [-0.2, -0.15) is 0 Å². The van der Waals surface area contributed by atoms with E-state index >= 15 is 0 Å². The Hall–Kier alpha value is -0.850. The van der Waals surface area contributed by atoms with Gasteiger partial charge in [0, 0.05) is 0 Å². The van der Waals surface area contributed by atoms with Crippen LogP contribution >= 0.6 is 0 Å². The minimum absolute atomic E-state index is 0.250. The van der Waals surface area contributed by atoms with Gasteiger partial charge in [-0.1, -0.05) is 226 Å². The van der Waals surface area contributed by atoms with Crippen molar-refractivity contribution in [1.82, 2.24) is 5.32 Å². The lowest BCUT2D eigenvalue weighted by atomic mass is 9.99. The van der Waals surface area contributed by atoms with Crippen LogP contribution in [0, 0.1) is 0 Å². The molecule has 1 aliphatic rings. The van der Waals surface area contributed by atoms with Gasteiger partial charge in [0.05, 0.1) is 25.4 Å². The first-order valence-electron chi connectivity index (χ1n) is 24.8. The SMILES string of the molecule is CCCCCCCCCCCCCCCCCCCCCC[C@@H](O)C(=O)NC(CO[C@H]1O[C@H](CO)[C@H](O)[C@H](O)[C@H]1O)C(O)CCCCCCCCCCCCCCC. The molecule has 1 saturated heterocycles. The van der Waals surface area contributed by atoms with E-state index in [1.54, 1.807) is 0 Å². The van der Waals surface area contributed by atoms with E-state index in [1.165, 1.54) is 167 Å². The van der Waals surface area contributed by atoms with Crippen LogP contribution in [0.3, 0.4) is 0 Å². The summed E-state index contributed by atoms with van der Waals surface area (Å²) < 4.78 is 11.2. The van der Waals surface area contributed by atoms with Crippen molar-refractivity contribution in [3.63, 3.8) is 0 Å². The van der Waals surface area contributed by atoms with Gasteiger partial charge in [0.15, 0.2) is 6.29 Å². The molecule has 1 aliphatic heterocycles. The van der Waals surface area contributed by atoms with E-state index in [0.29, 0.717) is 12.8 Å². The Labute approximate surface area is 356 Å². The van der Waals surface area contributed by atoms with Gasteiger partial charge in [0.2, 0.25) is 5.91 Å². The topological polar surface area (TPSA) is 169 Å². The number of aliphatic hydroxyl groups is 6. The Morgan fingerprint density at radius 3 is 1.22 bits per heavy atom. The quantitative estimate of drug-likeness (QED) is 0.0296. The number of carbonyl (C=O) groups excluding carboxylic acids is 1. The lowest BCUT2D eigenvalue weighted by molar-refractivity contribution is -0.302. The van der Waals surface area contributed by atoms with Crippen LogP contribution in [-0.4, -0.2) is 98.7 Å². The number of rotatable bonds is 42. The van der Waals surface area contributed by atoms with E-state index < -0.39 is 61.5 Å². The molecule has 10 heteroatoms. The largest absolute Gasteiger partial charge is 0.394 e. The molecule has 0 aromatic rings. The number of hydrogen-bond acceptors (Lipinski definition) is 9. The monoisotopic (exact) mass is 830 g/mol. The highest BCUT2D eigenvalue weighted by atomic mass is 16.7. The molecule has 0 aromatic carbocycles. The van der Waals surface area contributed by atoms with Crippen LogP contribution in [0.4, 0.5) is 0 Å². The second kappa shape index (κ2) is 39.0. The van der Waals surface area contributed by atoms with Crippen LogP contribution in [0.1, 0.15) is 239 Å². The van der Waals surface area contributed by atoms with Crippen molar-refractivity contribution in [2.75, 3.05) is 13.2 Å². The molecule has 0 saturated carbocycles. The fourth-order valence-electron chi connectivity index (χ4n) is 8.23. The zero-order valence-corrected chi connectivity index (χ0v) is 37.7. The van der Waals surface area contributed by atoms with Crippen molar-refractivity contribution < 1.29 is 44.9 Å². The van der Waals surface area contributed by atoms with Crippen molar-refractivity contribution in [3.05, 3.63) is 0 Å². The molecule has 1 amide bonds. The molecular formula is C48H95NO9. The van der Waals surface area contributed by atoms with Crippen molar-refractivity contribution >= 4 is 5.91 Å². The maximum Gasteiger partial charge on any atom is 0.249 e. The predicted octanol–water partition coefficient (Wildman–Crippen LogP) is 9.70. The second-order valence-corrected chi connectivity index (χ2v) is 17.8. The number of carbonyl (C=O) groups is 1. The van der Waals surface area contributed by atoms with Crippen LogP contribution in [0.15, 0.2) is 0 Å². The first-order chi connectivity index (χ1) is 28.3. The smallest absolute Gasteiger partial charge is 0.249 e. The molecule has 1 rings (SSSR count). The summed E-state index contributed by atoms with van der Waals surface area (Å²) >= 11 is 0. The summed E-state index contributed by atoms with van der Waals surface area (Å²) in [7, 11) is 0. The van der Waals surface area contributed by atoms with Crippen molar-refractivity contribution in [2.45, 2.75) is 288 Å². The fraction of sp³-hybridized carbons (Fsp3) is 0.979. The summed E-state index contributed by atoms with van der Waals surface area (Å²) in [4.78, 5) is 13.1. The summed E-state index contributed by atoms with van der Waals surface area (Å²) in [5.41, 5.74) is 0. The van der Waals surface area contributed by atoms with E-state index in [9.17, 15) is 35.4 Å². The zero-order valence-electron chi connectivity index (χ0n) is 37.7. The zero-order chi connectivity index (χ0) is 42.5. The second-order valence-electron chi connectivity index (χ2n) is 17.8. The highest BCUT2D eigenvalue weighted by molar-refractivity contribution is 5.80. The molecule has 0 bridgehead atoms. The highest BCUT2D eigenvalue weighted by Gasteiger charge is 2.44. The molecule has 0 radical (unpaired) electrons. The first-order valence-corrected chi connectivity index (χ1v) is 24.8. The van der Waals surface area contributed by atoms with Gasteiger partial charge in [-0.15, -0.1) is 0 Å². The standard InChI is InChI=1S/C48H95NO9/c1-3-5-7-9-11-13-15-17-18-19-20-21-22-23-25-27-29-31-33-35-37-42(52)47(56)49-40(39-57-48-46(55)45(54)44(53)43(38-50)58-48)41(51)36-34-32-30-28-26-24-16-14-12-10-8-6-4-2/h40-46,48,50-55H,3-39H2,1-2H3,(H,49,56)/t40?,41?,42-,43-,44+,45+,46-,48+/m1/s1. The van der Waals surface area contributed by atoms with E-state index in [4.69, 9.17) is 9.47 Å². The number of hydrogen-bond donors (Lipinski definition) is 7. The van der Waals surface area contributed by atoms with E-state index in [0.717, 1.165) is 44.9 Å². The Kier molecular flexibility index (Phi) is 37.1. The van der Waals surface area contributed by atoms with E-state index in [1.807, 2.05) is 0 Å². The molecule has 0 spiro atoms. The van der Waals surface area contributed by atoms with Gasteiger partial charge in [0.25, 0.3) is 0 Å². The average molecular weight is 830 g/mol. The van der Waals surface area contributed by atoms with Crippen LogP contribution in [0.2, 0.25) is 0 Å². The number of nitrogens with one attached hydrogen (secondary N) is 1. The number of ether oxygens (including phenoxy) is 2. The van der Waals surface area contributed by atoms with Crippen molar-refractivity contribution in [3.8, 4) is 0 Å². The lowest BCUT2D eigenvalue weighted by Gasteiger charge is -2.40. The molecule has 7 N–H and O–H groups in total. The van der Waals surface area contributed by atoms with Crippen molar-refractivity contribution in [2.24, 2.45) is 0 Å². The third kappa shape index (κ3) is 28.6. The normalized spacial score (nSPS) is 21.3. The molecule has 8 atom stereocenters. The molecular weight excluding hydrogens is 735 g/mol. The minimum atomic E-state index is -1.59. The summed E-state index contributed by atoms with van der Waals surface area (Å²) in [6, 6.07) is -0.887. The predicted molar refractivity (Wildman–Crippen MR) is 237 cm³/mol. The number of unbranched alkanes of at least 4 members (excludes halogenated alkanes) is 31. The van der Waals surface area contributed by atoms with Crippen LogP contribution in [0.5, 0.6) is 0 Å². The van der Waals surface area contributed by atoms with Gasteiger partial charge in [0.1, 0.15) is 30.5 Å². The van der Waals surface area contributed by atoms with Crippen LogP contribution in [-0.2, 0) is 14.3 Å². The maximum absolute atomic E-state index is 13.1. The third-order valence-corrected chi connectivity index (χ3v) is 12.3. The molecule has 10 nitrogen and oxygen atoms in total. The van der Waals surface area contributed by atoms with Gasteiger partial charge >= 0.3 is 0 Å². The Balaban J connectivity index is 2.31. The summed E-state index contributed by atoms with van der Waals surface area (Å²) in [5.74, 6) is -0.579. The molecule has 0 aliphatic carbocycles. The van der Waals surface area contributed by atoms with Gasteiger partial charge in [-0.3, -0.25) is 4.79 Å². The molecule has 346 valence electrons. The van der Waals surface area contributed by atoms with Crippen LogP contribution in [0.25, 0.3) is 0 Å². The van der Waals surface area contributed by atoms with E-state index in [-0.39, 0.29) is 6.61 Å². The Morgan fingerprint density at radius 1 is 0.517 bits per heavy atom. The summed E-state index contributed by atoms with van der Waals surface area (Å²) in [6.07, 6.45) is 32.9. The molecule has 1 heterocycles. The van der Waals surface area contributed by atoms with Crippen molar-refractivity contribution in [1.29, 1.82) is 0 Å². The fourth-order valence-corrected chi connectivity index (χ4v) is 8.23. The molecule has 1 fully saturated rings.